The van der Waals surface area contributed by atoms with Crippen LogP contribution in [0.2, 0.25) is 0 Å². The minimum absolute atomic E-state index is 0.214. The molecule has 0 amide bonds. The molecule has 11 heavy (non-hydrogen) atoms. The van der Waals surface area contributed by atoms with Crippen LogP contribution in [0.1, 0.15) is 19.3 Å². The molecule has 0 saturated carbocycles. The monoisotopic (exact) mass is 302 g/mol. The Morgan fingerprint density at radius 2 is 2.00 bits per heavy atom. The van der Waals surface area contributed by atoms with Gasteiger partial charge in [0.2, 0.25) is 0 Å². The zero-order chi connectivity index (χ0) is 8.53. The Labute approximate surface area is 90.6 Å². The van der Waals surface area contributed by atoms with E-state index in [0.29, 0.717) is 0 Å². The zero-order valence-corrected chi connectivity index (χ0v) is 10.3. The normalized spacial score (nSPS) is 14.1. The molecule has 1 atom stereocenters. The highest BCUT2D eigenvalue weighted by atomic mass is 79.9. The number of alkyl halides is 3. The van der Waals surface area contributed by atoms with Crippen molar-refractivity contribution in [1.29, 1.82) is 0 Å². The van der Waals surface area contributed by atoms with Crippen LogP contribution in [-0.4, -0.2) is 16.0 Å². The molecule has 0 saturated heterocycles. The number of halogens is 3. The van der Waals surface area contributed by atoms with Crippen LogP contribution in [0.15, 0.2) is 12.2 Å². The summed E-state index contributed by atoms with van der Waals surface area (Å²) in [5.41, 5.74) is 0. The molecule has 0 fully saturated rings. The minimum Gasteiger partial charge on any atom is -0.118 e. The van der Waals surface area contributed by atoms with Gasteiger partial charge in [0.05, 0.1) is 5.38 Å². The fourth-order valence-electron chi connectivity index (χ4n) is 0.675. The first-order chi connectivity index (χ1) is 5.31. The molecule has 0 rings (SSSR count). The molecule has 0 aromatic rings. The Balaban J connectivity index is 3.27. The van der Waals surface area contributed by atoms with Crippen molar-refractivity contribution in [2.24, 2.45) is 0 Å². The fourth-order valence-corrected chi connectivity index (χ4v) is 1.52. The molecule has 0 bridgehead atoms. The third kappa shape index (κ3) is 8.90. The first-order valence-corrected chi connectivity index (χ1v) is 6.42. The molecule has 1 unspecified atom stereocenters. The molecule has 0 aliphatic carbocycles. The molecule has 0 nitrogen and oxygen atoms in total. The lowest BCUT2D eigenvalue weighted by molar-refractivity contribution is 0.831. The first-order valence-electron chi connectivity index (χ1n) is 3.74. The average Bonchev–Trinajstić information content (AvgIpc) is 2.01. The Morgan fingerprint density at radius 3 is 2.55 bits per heavy atom. The van der Waals surface area contributed by atoms with Gasteiger partial charge in [-0.15, -0.1) is 11.6 Å². The van der Waals surface area contributed by atoms with E-state index >= 15 is 0 Å². The summed E-state index contributed by atoms with van der Waals surface area (Å²) in [6, 6.07) is 0. The van der Waals surface area contributed by atoms with Gasteiger partial charge in [0.1, 0.15) is 0 Å². The number of rotatable bonds is 6. The van der Waals surface area contributed by atoms with E-state index in [4.69, 9.17) is 11.6 Å². The fraction of sp³-hybridized carbons (Fsp3) is 0.750. The molecule has 0 heterocycles. The largest absolute Gasteiger partial charge is 0.118 e. The van der Waals surface area contributed by atoms with E-state index in [1.54, 1.807) is 0 Å². The average molecular weight is 304 g/mol. The summed E-state index contributed by atoms with van der Waals surface area (Å²) in [4.78, 5) is 0. The maximum Gasteiger partial charge on any atom is 0.0516 e. The molecule has 0 aliphatic rings. The lowest BCUT2D eigenvalue weighted by Gasteiger charge is -2.00. The number of hydrogen-bond acceptors (Lipinski definition) is 0. The smallest absolute Gasteiger partial charge is 0.0516 e. The maximum atomic E-state index is 5.97. The maximum absolute atomic E-state index is 5.97. The van der Waals surface area contributed by atoms with Gasteiger partial charge in [0.15, 0.2) is 0 Å². The summed E-state index contributed by atoms with van der Waals surface area (Å²) in [6.07, 6.45) is 7.47. The van der Waals surface area contributed by atoms with Gasteiger partial charge in [-0.25, -0.2) is 0 Å². The van der Waals surface area contributed by atoms with E-state index < -0.39 is 0 Å². The summed E-state index contributed by atoms with van der Waals surface area (Å²) < 4.78 is 0. The standard InChI is InChI=1S/C8H13Br2Cl/c9-6-2-1-4-8(11)5-3-7-10/h1,4,8H,2-3,5-7H2. The quantitative estimate of drug-likeness (QED) is 0.512. The predicted octanol–water partition coefficient (Wildman–Crippen LogP) is 4.11. The summed E-state index contributed by atoms with van der Waals surface area (Å²) in [5.74, 6) is 0. The van der Waals surface area contributed by atoms with Gasteiger partial charge >= 0.3 is 0 Å². The van der Waals surface area contributed by atoms with Crippen molar-refractivity contribution in [1.82, 2.24) is 0 Å². The van der Waals surface area contributed by atoms with E-state index in [1.165, 1.54) is 0 Å². The number of hydrogen-bond donors (Lipinski definition) is 0. The van der Waals surface area contributed by atoms with Gasteiger partial charge in [-0.3, -0.25) is 0 Å². The molecular weight excluding hydrogens is 291 g/mol. The van der Waals surface area contributed by atoms with Crippen LogP contribution in [0, 0.1) is 0 Å². The first kappa shape index (κ1) is 12.0. The third-order valence-corrected chi connectivity index (χ3v) is 2.62. The van der Waals surface area contributed by atoms with E-state index in [9.17, 15) is 0 Å². The molecule has 0 aromatic heterocycles. The van der Waals surface area contributed by atoms with Gasteiger partial charge < -0.3 is 0 Å². The van der Waals surface area contributed by atoms with Crippen LogP contribution >= 0.6 is 43.5 Å². The molecule has 0 radical (unpaired) electrons. The SMILES string of the molecule is ClC(C=CCCBr)CCCBr. The summed E-state index contributed by atoms with van der Waals surface area (Å²) in [5, 5.41) is 2.28. The Hall–Kier alpha value is 0.990. The van der Waals surface area contributed by atoms with E-state index in [1.807, 2.05) is 0 Å². The molecule has 0 spiro atoms. The van der Waals surface area contributed by atoms with Crippen LogP contribution in [0.3, 0.4) is 0 Å². The third-order valence-electron chi connectivity index (χ3n) is 1.23. The highest BCUT2D eigenvalue weighted by molar-refractivity contribution is 9.09. The van der Waals surface area contributed by atoms with Gasteiger partial charge in [-0.1, -0.05) is 44.0 Å². The van der Waals surface area contributed by atoms with Crippen LogP contribution in [0.25, 0.3) is 0 Å². The van der Waals surface area contributed by atoms with Crippen LogP contribution in [-0.2, 0) is 0 Å². The van der Waals surface area contributed by atoms with Crippen LogP contribution in [0.5, 0.6) is 0 Å². The van der Waals surface area contributed by atoms with Gasteiger partial charge in [0.25, 0.3) is 0 Å². The second-order valence-electron chi connectivity index (χ2n) is 2.25. The lowest BCUT2D eigenvalue weighted by Crippen LogP contribution is -1.93. The molecule has 0 N–H and O–H groups in total. The molecule has 0 aromatic carbocycles. The van der Waals surface area contributed by atoms with Crippen molar-refractivity contribution >= 4 is 43.5 Å². The van der Waals surface area contributed by atoms with E-state index in [0.717, 1.165) is 29.9 Å². The zero-order valence-electron chi connectivity index (χ0n) is 6.40. The highest BCUT2D eigenvalue weighted by Gasteiger charge is 1.96. The predicted molar refractivity (Wildman–Crippen MR) is 60.2 cm³/mol. The Morgan fingerprint density at radius 1 is 1.27 bits per heavy atom. The highest BCUT2D eigenvalue weighted by Crippen LogP contribution is 2.08. The van der Waals surface area contributed by atoms with Gasteiger partial charge in [-0.2, -0.15) is 0 Å². The van der Waals surface area contributed by atoms with Crippen LogP contribution < -0.4 is 0 Å². The van der Waals surface area contributed by atoms with Crippen molar-refractivity contribution in [3.8, 4) is 0 Å². The minimum atomic E-state index is 0.214. The summed E-state index contributed by atoms with van der Waals surface area (Å²) in [6.45, 7) is 0. The van der Waals surface area contributed by atoms with Crippen molar-refractivity contribution < 1.29 is 0 Å². The lowest BCUT2D eigenvalue weighted by atomic mass is 10.2. The Kier molecular flexibility index (Phi) is 9.90. The van der Waals surface area contributed by atoms with Crippen molar-refractivity contribution in [2.75, 3.05) is 10.7 Å². The molecular formula is C8H13Br2Cl. The van der Waals surface area contributed by atoms with Crippen molar-refractivity contribution in [3.63, 3.8) is 0 Å². The summed E-state index contributed by atoms with van der Waals surface area (Å²) >= 11 is 12.7. The van der Waals surface area contributed by atoms with Gasteiger partial charge in [-0.05, 0) is 19.3 Å². The topological polar surface area (TPSA) is 0 Å². The van der Waals surface area contributed by atoms with Gasteiger partial charge in [0, 0.05) is 10.7 Å². The molecule has 0 aliphatic heterocycles. The number of allylic oxidation sites excluding steroid dienone is 2. The van der Waals surface area contributed by atoms with Crippen molar-refractivity contribution in [3.05, 3.63) is 12.2 Å². The second-order valence-corrected chi connectivity index (χ2v) is 4.40. The second kappa shape index (κ2) is 9.08. The van der Waals surface area contributed by atoms with E-state index in [-0.39, 0.29) is 5.38 Å². The van der Waals surface area contributed by atoms with Crippen molar-refractivity contribution in [2.45, 2.75) is 24.6 Å². The molecule has 66 valence electrons. The van der Waals surface area contributed by atoms with E-state index in [2.05, 4.69) is 44.0 Å². The Bertz CT molecular complexity index is 104. The van der Waals surface area contributed by atoms with Crippen LogP contribution in [0.4, 0.5) is 0 Å². The summed E-state index contributed by atoms with van der Waals surface area (Å²) in [7, 11) is 0. The molecule has 3 heteroatoms.